The fourth-order valence-electron chi connectivity index (χ4n) is 1.80. The SMILES string of the molecule is CC(=O)Nc1cc(N)ccc1OC(C)C1CC1. The van der Waals surface area contributed by atoms with Crippen LogP contribution in [0.5, 0.6) is 5.75 Å². The Hall–Kier alpha value is -1.71. The van der Waals surface area contributed by atoms with Crippen LogP contribution in [0.2, 0.25) is 0 Å². The number of ether oxygens (including phenoxy) is 1. The molecule has 0 aromatic heterocycles. The molecule has 1 aliphatic rings. The van der Waals surface area contributed by atoms with Crippen LogP contribution in [0, 0.1) is 5.92 Å². The van der Waals surface area contributed by atoms with Crippen molar-refractivity contribution in [3.8, 4) is 5.75 Å². The van der Waals surface area contributed by atoms with Gasteiger partial charge in [-0.3, -0.25) is 4.79 Å². The number of rotatable bonds is 4. The molecule has 1 aliphatic carbocycles. The van der Waals surface area contributed by atoms with Gasteiger partial charge in [0, 0.05) is 12.6 Å². The fraction of sp³-hybridized carbons (Fsp3) is 0.462. The normalized spacial score (nSPS) is 16.4. The predicted molar refractivity (Wildman–Crippen MR) is 68.0 cm³/mol. The summed E-state index contributed by atoms with van der Waals surface area (Å²) in [4.78, 5) is 11.1. The zero-order valence-electron chi connectivity index (χ0n) is 10.2. The zero-order valence-corrected chi connectivity index (χ0v) is 10.2. The maximum atomic E-state index is 11.1. The van der Waals surface area contributed by atoms with Gasteiger partial charge >= 0.3 is 0 Å². The number of amides is 1. The van der Waals surface area contributed by atoms with Crippen LogP contribution >= 0.6 is 0 Å². The molecule has 0 bridgehead atoms. The van der Waals surface area contributed by atoms with Gasteiger partial charge in [0.2, 0.25) is 5.91 Å². The van der Waals surface area contributed by atoms with E-state index in [0.717, 1.165) is 0 Å². The molecule has 4 nitrogen and oxygen atoms in total. The van der Waals surface area contributed by atoms with Crippen molar-refractivity contribution in [2.45, 2.75) is 32.8 Å². The van der Waals surface area contributed by atoms with Crippen molar-refractivity contribution in [1.29, 1.82) is 0 Å². The molecule has 0 heterocycles. The molecule has 1 fully saturated rings. The van der Waals surface area contributed by atoms with E-state index in [4.69, 9.17) is 10.5 Å². The van der Waals surface area contributed by atoms with Crippen molar-refractivity contribution < 1.29 is 9.53 Å². The summed E-state index contributed by atoms with van der Waals surface area (Å²) in [5.41, 5.74) is 6.95. The van der Waals surface area contributed by atoms with Crippen molar-refractivity contribution in [2.75, 3.05) is 11.1 Å². The van der Waals surface area contributed by atoms with E-state index in [1.54, 1.807) is 18.2 Å². The number of hydrogen-bond donors (Lipinski definition) is 2. The van der Waals surface area contributed by atoms with Crippen LogP contribution in [0.3, 0.4) is 0 Å². The lowest BCUT2D eigenvalue weighted by molar-refractivity contribution is -0.114. The molecular weight excluding hydrogens is 216 g/mol. The van der Waals surface area contributed by atoms with Gasteiger partial charge in [-0.25, -0.2) is 0 Å². The van der Waals surface area contributed by atoms with Crippen LogP contribution in [0.15, 0.2) is 18.2 Å². The predicted octanol–water partition coefficient (Wildman–Crippen LogP) is 2.40. The van der Waals surface area contributed by atoms with Gasteiger partial charge in [-0.1, -0.05) is 0 Å². The summed E-state index contributed by atoms with van der Waals surface area (Å²) in [5.74, 6) is 1.21. The highest BCUT2D eigenvalue weighted by molar-refractivity contribution is 5.91. The van der Waals surface area contributed by atoms with Crippen LogP contribution in [0.4, 0.5) is 11.4 Å². The van der Waals surface area contributed by atoms with Crippen LogP contribution in [-0.2, 0) is 4.79 Å². The summed E-state index contributed by atoms with van der Waals surface area (Å²) >= 11 is 0. The zero-order chi connectivity index (χ0) is 12.4. The van der Waals surface area contributed by atoms with Gasteiger partial charge in [0.1, 0.15) is 5.75 Å². The number of nitrogens with two attached hydrogens (primary N) is 1. The minimum atomic E-state index is -0.125. The first-order chi connectivity index (χ1) is 8.06. The Labute approximate surface area is 101 Å². The van der Waals surface area contributed by atoms with E-state index in [9.17, 15) is 4.79 Å². The van der Waals surface area contributed by atoms with E-state index in [0.29, 0.717) is 23.0 Å². The van der Waals surface area contributed by atoms with Gasteiger partial charge in [-0.2, -0.15) is 0 Å². The molecule has 1 unspecified atom stereocenters. The average Bonchev–Trinajstić information content (AvgIpc) is 3.04. The van der Waals surface area contributed by atoms with Gasteiger partial charge in [-0.15, -0.1) is 0 Å². The molecule has 3 N–H and O–H groups in total. The third kappa shape index (κ3) is 3.12. The largest absolute Gasteiger partial charge is 0.488 e. The molecule has 1 aromatic rings. The Morgan fingerprint density at radius 3 is 2.82 bits per heavy atom. The maximum Gasteiger partial charge on any atom is 0.221 e. The van der Waals surface area contributed by atoms with Gasteiger partial charge in [0.05, 0.1) is 11.8 Å². The number of carbonyl (C=O) groups is 1. The van der Waals surface area contributed by atoms with Crippen LogP contribution in [-0.4, -0.2) is 12.0 Å². The second kappa shape index (κ2) is 4.65. The molecule has 92 valence electrons. The summed E-state index contributed by atoms with van der Waals surface area (Å²) in [6.45, 7) is 3.53. The molecule has 1 aromatic carbocycles. The lowest BCUT2D eigenvalue weighted by Crippen LogP contribution is -2.16. The second-order valence-corrected chi connectivity index (χ2v) is 4.60. The summed E-state index contributed by atoms with van der Waals surface area (Å²) in [6, 6.07) is 5.30. The van der Waals surface area contributed by atoms with E-state index >= 15 is 0 Å². The summed E-state index contributed by atoms with van der Waals surface area (Å²) in [5, 5.41) is 2.73. The minimum absolute atomic E-state index is 0.125. The molecule has 0 spiro atoms. The molecule has 1 atom stereocenters. The average molecular weight is 234 g/mol. The smallest absolute Gasteiger partial charge is 0.221 e. The summed E-state index contributed by atoms with van der Waals surface area (Å²) in [7, 11) is 0. The van der Waals surface area contributed by atoms with Gasteiger partial charge in [0.15, 0.2) is 0 Å². The summed E-state index contributed by atoms with van der Waals surface area (Å²) in [6.07, 6.45) is 2.64. The third-order valence-corrected chi connectivity index (χ3v) is 2.91. The second-order valence-electron chi connectivity index (χ2n) is 4.60. The van der Waals surface area contributed by atoms with E-state index in [1.165, 1.54) is 19.8 Å². The summed E-state index contributed by atoms with van der Waals surface area (Å²) < 4.78 is 5.86. The van der Waals surface area contributed by atoms with Gasteiger partial charge < -0.3 is 15.8 Å². The number of nitrogen functional groups attached to an aromatic ring is 1. The van der Waals surface area contributed by atoms with Gasteiger partial charge in [0.25, 0.3) is 0 Å². The monoisotopic (exact) mass is 234 g/mol. The molecule has 1 amide bonds. The fourth-order valence-corrected chi connectivity index (χ4v) is 1.80. The van der Waals surface area contributed by atoms with Crippen molar-refractivity contribution in [1.82, 2.24) is 0 Å². The van der Waals surface area contributed by atoms with Crippen LogP contribution in [0.1, 0.15) is 26.7 Å². The Kier molecular flexibility index (Phi) is 3.22. The quantitative estimate of drug-likeness (QED) is 0.786. The number of anilines is 2. The van der Waals surface area contributed by atoms with Crippen molar-refractivity contribution in [3.05, 3.63) is 18.2 Å². The van der Waals surface area contributed by atoms with E-state index < -0.39 is 0 Å². The first-order valence-electron chi connectivity index (χ1n) is 5.90. The first-order valence-corrected chi connectivity index (χ1v) is 5.90. The molecule has 17 heavy (non-hydrogen) atoms. The Bertz CT molecular complexity index is 427. The standard InChI is InChI=1S/C13H18N2O2/c1-8(10-3-4-10)17-13-6-5-11(14)7-12(13)15-9(2)16/h5-8,10H,3-4,14H2,1-2H3,(H,15,16). The first kappa shape index (κ1) is 11.8. The highest BCUT2D eigenvalue weighted by Crippen LogP contribution is 2.36. The molecule has 0 aliphatic heterocycles. The highest BCUT2D eigenvalue weighted by Gasteiger charge is 2.29. The minimum Gasteiger partial charge on any atom is -0.488 e. The number of hydrogen-bond acceptors (Lipinski definition) is 3. The highest BCUT2D eigenvalue weighted by atomic mass is 16.5. The maximum absolute atomic E-state index is 11.1. The molecule has 0 radical (unpaired) electrons. The third-order valence-electron chi connectivity index (χ3n) is 2.91. The number of carbonyl (C=O) groups excluding carboxylic acids is 1. The van der Waals surface area contributed by atoms with Crippen LogP contribution in [0.25, 0.3) is 0 Å². The lowest BCUT2D eigenvalue weighted by Gasteiger charge is -2.17. The van der Waals surface area contributed by atoms with Crippen molar-refractivity contribution in [3.63, 3.8) is 0 Å². The Morgan fingerprint density at radius 1 is 1.53 bits per heavy atom. The van der Waals surface area contributed by atoms with Crippen molar-refractivity contribution >= 4 is 17.3 Å². The van der Waals surface area contributed by atoms with Crippen molar-refractivity contribution in [2.24, 2.45) is 5.92 Å². The number of benzene rings is 1. The molecule has 2 rings (SSSR count). The Morgan fingerprint density at radius 2 is 2.24 bits per heavy atom. The van der Waals surface area contributed by atoms with E-state index in [1.807, 2.05) is 0 Å². The van der Waals surface area contributed by atoms with E-state index in [2.05, 4.69) is 12.2 Å². The topological polar surface area (TPSA) is 64.4 Å². The molecule has 1 saturated carbocycles. The number of nitrogens with one attached hydrogen (secondary N) is 1. The molecular formula is C13H18N2O2. The van der Waals surface area contributed by atoms with E-state index in [-0.39, 0.29) is 12.0 Å². The Balaban J connectivity index is 2.15. The van der Waals surface area contributed by atoms with Gasteiger partial charge in [-0.05, 0) is 43.9 Å². The van der Waals surface area contributed by atoms with Crippen LogP contribution < -0.4 is 15.8 Å². The molecule has 4 heteroatoms. The molecule has 0 saturated heterocycles. The lowest BCUT2D eigenvalue weighted by atomic mass is 10.2.